The van der Waals surface area contributed by atoms with Crippen LogP contribution in [0.5, 0.6) is 0 Å². The molecule has 0 saturated heterocycles. The number of unbranched alkanes of at least 4 members (excludes halogenated alkanes) is 6. The van der Waals surface area contributed by atoms with Crippen LogP contribution in [0.3, 0.4) is 0 Å². The molecule has 0 aliphatic rings. The van der Waals surface area contributed by atoms with Gasteiger partial charge in [0.15, 0.2) is 6.79 Å². The van der Waals surface area contributed by atoms with Crippen molar-refractivity contribution in [3.8, 4) is 0 Å². The lowest BCUT2D eigenvalue weighted by molar-refractivity contribution is -0.156. The summed E-state index contributed by atoms with van der Waals surface area (Å²) in [6.45, 7) is 5.00. The van der Waals surface area contributed by atoms with Crippen LogP contribution in [0.2, 0.25) is 0 Å². The largest absolute Gasteiger partial charge is 0.438 e. The van der Waals surface area contributed by atoms with Crippen LogP contribution in [0, 0.1) is 0 Å². The van der Waals surface area contributed by atoms with E-state index in [1.165, 1.54) is 32.1 Å². The minimum absolute atomic E-state index is 0.109. The number of hydrogen-bond donors (Lipinski definition) is 0. The van der Waals surface area contributed by atoms with E-state index in [4.69, 9.17) is 9.47 Å². The predicted octanol–water partition coefficient (Wildman–Crippen LogP) is 4.61. The lowest BCUT2D eigenvalue weighted by Crippen LogP contribution is -2.08. The highest BCUT2D eigenvalue weighted by Crippen LogP contribution is 2.05. The molecule has 0 unspecified atom stereocenters. The maximum Gasteiger partial charge on any atom is 0.307 e. The van der Waals surface area contributed by atoms with Crippen LogP contribution in [0.4, 0.5) is 0 Å². The summed E-state index contributed by atoms with van der Waals surface area (Å²) in [7, 11) is 0. The molecule has 0 atom stereocenters. The molecule has 112 valence electrons. The Labute approximate surface area is 118 Å². The molecule has 0 aliphatic carbocycles. The second-order valence-electron chi connectivity index (χ2n) is 4.77. The fraction of sp³-hybridized carbons (Fsp3) is 0.812. The average molecular weight is 270 g/mol. The van der Waals surface area contributed by atoms with Gasteiger partial charge < -0.3 is 9.47 Å². The van der Waals surface area contributed by atoms with Crippen LogP contribution < -0.4 is 0 Å². The van der Waals surface area contributed by atoms with Gasteiger partial charge >= 0.3 is 5.97 Å². The average Bonchev–Trinajstić information content (AvgIpc) is 2.42. The molecule has 0 radical (unpaired) electrons. The standard InChI is InChI=1S/C16H30O3/c1-3-5-7-9-10-12-14-18-15-19-16(17)13-11-8-6-4-2/h4,6H,3,5,7-15H2,1-2H3. The molecular formula is C16H30O3. The molecule has 0 saturated carbocycles. The molecule has 0 amide bonds. The molecule has 3 heteroatoms. The first-order valence-electron chi connectivity index (χ1n) is 7.65. The first kappa shape index (κ1) is 18.2. The van der Waals surface area contributed by atoms with Crippen molar-refractivity contribution < 1.29 is 14.3 Å². The monoisotopic (exact) mass is 270 g/mol. The van der Waals surface area contributed by atoms with E-state index in [0.717, 1.165) is 19.3 Å². The number of ether oxygens (including phenoxy) is 2. The van der Waals surface area contributed by atoms with Crippen LogP contribution in [0.1, 0.15) is 71.6 Å². The van der Waals surface area contributed by atoms with Crippen molar-refractivity contribution in [2.24, 2.45) is 0 Å². The number of allylic oxidation sites excluding steroid dienone is 2. The molecule has 19 heavy (non-hydrogen) atoms. The fourth-order valence-corrected chi connectivity index (χ4v) is 1.75. The van der Waals surface area contributed by atoms with Gasteiger partial charge in [0.1, 0.15) is 0 Å². The van der Waals surface area contributed by atoms with Gasteiger partial charge in [0.05, 0.1) is 6.61 Å². The summed E-state index contributed by atoms with van der Waals surface area (Å²) in [5.74, 6) is -0.160. The van der Waals surface area contributed by atoms with E-state index in [2.05, 4.69) is 13.0 Å². The summed E-state index contributed by atoms with van der Waals surface area (Å²) in [5, 5.41) is 0. The SMILES string of the molecule is CC=CCCCC(=O)OCOCCCCCCCC. The normalized spacial score (nSPS) is 11.1. The van der Waals surface area contributed by atoms with Crippen molar-refractivity contribution in [3.63, 3.8) is 0 Å². The molecule has 0 heterocycles. The van der Waals surface area contributed by atoms with Gasteiger partial charge in [0, 0.05) is 6.42 Å². The molecule has 3 nitrogen and oxygen atoms in total. The van der Waals surface area contributed by atoms with E-state index in [1.807, 2.05) is 13.0 Å². The molecule has 0 aromatic carbocycles. The van der Waals surface area contributed by atoms with Gasteiger partial charge in [0.2, 0.25) is 0 Å². The third-order valence-electron chi connectivity index (χ3n) is 2.93. The van der Waals surface area contributed by atoms with Gasteiger partial charge in [-0.3, -0.25) is 4.79 Å². The molecule has 0 rings (SSSR count). The van der Waals surface area contributed by atoms with E-state index in [-0.39, 0.29) is 12.8 Å². The minimum Gasteiger partial charge on any atom is -0.438 e. The Morgan fingerprint density at radius 1 is 1.05 bits per heavy atom. The van der Waals surface area contributed by atoms with Gasteiger partial charge in [-0.25, -0.2) is 0 Å². The Morgan fingerprint density at radius 3 is 2.53 bits per heavy atom. The van der Waals surface area contributed by atoms with Crippen molar-refractivity contribution in [1.82, 2.24) is 0 Å². The molecule has 0 bridgehead atoms. The molecule has 0 aliphatic heterocycles. The van der Waals surface area contributed by atoms with E-state index in [0.29, 0.717) is 13.0 Å². The van der Waals surface area contributed by atoms with Crippen molar-refractivity contribution in [2.45, 2.75) is 71.6 Å². The summed E-state index contributed by atoms with van der Waals surface area (Å²) in [6, 6.07) is 0. The zero-order valence-corrected chi connectivity index (χ0v) is 12.7. The Hall–Kier alpha value is -0.830. The summed E-state index contributed by atoms with van der Waals surface area (Å²) >= 11 is 0. The highest BCUT2D eigenvalue weighted by atomic mass is 16.7. The zero-order chi connectivity index (χ0) is 14.2. The third-order valence-corrected chi connectivity index (χ3v) is 2.93. The number of rotatable bonds is 13. The topological polar surface area (TPSA) is 35.5 Å². The van der Waals surface area contributed by atoms with Crippen molar-refractivity contribution in [1.29, 1.82) is 0 Å². The quantitative estimate of drug-likeness (QED) is 0.212. The van der Waals surface area contributed by atoms with Gasteiger partial charge in [-0.2, -0.15) is 0 Å². The van der Waals surface area contributed by atoms with Gasteiger partial charge in [-0.1, -0.05) is 51.2 Å². The van der Waals surface area contributed by atoms with E-state index in [9.17, 15) is 4.79 Å². The smallest absolute Gasteiger partial charge is 0.307 e. The van der Waals surface area contributed by atoms with Crippen molar-refractivity contribution >= 4 is 5.97 Å². The maximum atomic E-state index is 11.3. The lowest BCUT2D eigenvalue weighted by atomic mass is 10.1. The van der Waals surface area contributed by atoms with Crippen LogP contribution >= 0.6 is 0 Å². The number of hydrogen-bond acceptors (Lipinski definition) is 3. The van der Waals surface area contributed by atoms with Gasteiger partial charge in [-0.15, -0.1) is 0 Å². The summed E-state index contributed by atoms with van der Waals surface area (Å²) < 4.78 is 10.3. The molecule has 0 aromatic rings. The van der Waals surface area contributed by atoms with E-state index >= 15 is 0 Å². The summed E-state index contributed by atoms with van der Waals surface area (Å²) in [6.07, 6.45) is 13.8. The predicted molar refractivity (Wildman–Crippen MR) is 79.0 cm³/mol. The fourth-order valence-electron chi connectivity index (χ4n) is 1.75. The molecule has 0 aromatic heterocycles. The van der Waals surface area contributed by atoms with Crippen molar-refractivity contribution in [3.05, 3.63) is 12.2 Å². The molecule has 0 spiro atoms. The first-order chi connectivity index (χ1) is 9.31. The van der Waals surface area contributed by atoms with Gasteiger partial charge in [-0.05, 0) is 26.2 Å². The Kier molecular flexibility index (Phi) is 14.6. The third kappa shape index (κ3) is 15.1. The van der Waals surface area contributed by atoms with Gasteiger partial charge in [0.25, 0.3) is 0 Å². The number of esters is 1. The second-order valence-corrected chi connectivity index (χ2v) is 4.77. The second kappa shape index (κ2) is 15.2. The zero-order valence-electron chi connectivity index (χ0n) is 12.7. The van der Waals surface area contributed by atoms with Crippen LogP contribution in [-0.2, 0) is 14.3 Å². The van der Waals surface area contributed by atoms with E-state index < -0.39 is 0 Å². The Bertz CT molecular complexity index is 224. The molecular weight excluding hydrogens is 240 g/mol. The number of carbonyl (C=O) groups is 1. The van der Waals surface area contributed by atoms with Crippen LogP contribution in [0.15, 0.2) is 12.2 Å². The molecule has 0 N–H and O–H groups in total. The first-order valence-corrected chi connectivity index (χ1v) is 7.65. The summed E-state index contributed by atoms with van der Waals surface area (Å²) in [5.41, 5.74) is 0. The lowest BCUT2D eigenvalue weighted by Gasteiger charge is -2.05. The highest BCUT2D eigenvalue weighted by molar-refractivity contribution is 5.69. The maximum absolute atomic E-state index is 11.3. The minimum atomic E-state index is -0.160. The van der Waals surface area contributed by atoms with Crippen molar-refractivity contribution in [2.75, 3.05) is 13.4 Å². The Morgan fingerprint density at radius 2 is 1.79 bits per heavy atom. The Balaban J connectivity index is 3.14. The highest BCUT2D eigenvalue weighted by Gasteiger charge is 2.01. The van der Waals surface area contributed by atoms with Crippen LogP contribution in [-0.4, -0.2) is 19.4 Å². The molecule has 0 fully saturated rings. The van der Waals surface area contributed by atoms with E-state index in [1.54, 1.807) is 0 Å². The number of carbonyl (C=O) groups excluding carboxylic acids is 1. The summed E-state index contributed by atoms with van der Waals surface area (Å²) in [4.78, 5) is 11.3. The van der Waals surface area contributed by atoms with Crippen LogP contribution in [0.25, 0.3) is 0 Å².